The number of hydrogen-bond acceptors (Lipinski definition) is 2. The van der Waals surface area contributed by atoms with Gasteiger partial charge in [-0.2, -0.15) is 5.10 Å². The molecule has 1 aliphatic heterocycles. The Hall–Kier alpha value is -2.10. The van der Waals surface area contributed by atoms with E-state index in [1.54, 1.807) is 0 Å². The van der Waals surface area contributed by atoms with Gasteiger partial charge in [-0.3, -0.25) is 0 Å². The third-order valence-corrected chi connectivity index (χ3v) is 4.52. The first-order valence-electron chi connectivity index (χ1n) is 7.91. The van der Waals surface area contributed by atoms with Crippen molar-refractivity contribution in [1.82, 2.24) is 15.1 Å². The summed E-state index contributed by atoms with van der Waals surface area (Å²) in [6.45, 7) is 1.88. The lowest BCUT2D eigenvalue weighted by Gasteiger charge is -2.15. The molecular formula is C19H18ClN3. The van der Waals surface area contributed by atoms with Crippen molar-refractivity contribution >= 4 is 11.6 Å². The molecule has 1 aliphatic rings. The highest BCUT2D eigenvalue weighted by Gasteiger charge is 2.21. The Kier molecular flexibility index (Phi) is 3.90. The molecule has 2 heterocycles. The van der Waals surface area contributed by atoms with E-state index in [1.807, 2.05) is 24.3 Å². The minimum Gasteiger partial charge on any atom is -0.312 e. The molecule has 116 valence electrons. The van der Waals surface area contributed by atoms with Crippen LogP contribution in [0.2, 0.25) is 5.02 Å². The maximum absolute atomic E-state index is 6.16. The van der Waals surface area contributed by atoms with E-state index in [0.29, 0.717) is 0 Å². The van der Waals surface area contributed by atoms with Gasteiger partial charge in [-0.15, -0.1) is 0 Å². The van der Waals surface area contributed by atoms with Crippen molar-refractivity contribution in [2.75, 3.05) is 6.54 Å². The van der Waals surface area contributed by atoms with Crippen molar-refractivity contribution in [2.45, 2.75) is 19.4 Å². The molecule has 0 fully saturated rings. The monoisotopic (exact) mass is 323 g/mol. The Morgan fingerprint density at radius 2 is 1.96 bits per heavy atom. The molecule has 3 aromatic rings. The van der Waals surface area contributed by atoms with Crippen molar-refractivity contribution in [1.29, 1.82) is 0 Å². The lowest BCUT2D eigenvalue weighted by Crippen LogP contribution is -2.25. The summed E-state index contributed by atoms with van der Waals surface area (Å²) in [7, 11) is 0. The van der Waals surface area contributed by atoms with E-state index >= 15 is 0 Å². The third-order valence-electron chi connectivity index (χ3n) is 4.28. The number of fused-ring (bicyclic) bond motifs is 1. The Labute approximate surface area is 140 Å². The lowest BCUT2D eigenvalue weighted by atomic mass is 10.0. The fourth-order valence-electron chi connectivity index (χ4n) is 3.17. The molecule has 3 nitrogen and oxygen atoms in total. The normalized spacial score (nSPS) is 13.8. The van der Waals surface area contributed by atoms with Crippen molar-refractivity contribution in [2.24, 2.45) is 0 Å². The van der Waals surface area contributed by atoms with Crippen molar-refractivity contribution < 1.29 is 0 Å². The van der Waals surface area contributed by atoms with E-state index in [9.17, 15) is 0 Å². The molecule has 0 spiro atoms. The smallest absolute Gasteiger partial charge is 0.0720 e. The van der Waals surface area contributed by atoms with Gasteiger partial charge >= 0.3 is 0 Å². The van der Waals surface area contributed by atoms with Gasteiger partial charge in [0.05, 0.1) is 17.1 Å². The molecule has 0 radical (unpaired) electrons. The summed E-state index contributed by atoms with van der Waals surface area (Å²) in [6, 6.07) is 18.4. The molecule has 4 rings (SSSR count). The summed E-state index contributed by atoms with van der Waals surface area (Å²) in [4.78, 5) is 0. The molecule has 0 aliphatic carbocycles. The molecule has 0 saturated carbocycles. The fourth-order valence-corrected chi connectivity index (χ4v) is 3.35. The molecule has 0 bridgehead atoms. The summed E-state index contributed by atoms with van der Waals surface area (Å²) in [6.07, 6.45) is 1.85. The van der Waals surface area contributed by atoms with Crippen molar-refractivity contribution in [3.05, 3.63) is 82.1 Å². The molecule has 0 amide bonds. The first-order chi connectivity index (χ1) is 11.3. The summed E-state index contributed by atoms with van der Waals surface area (Å²) >= 11 is 6.16. The number of halogens is 1. The molecule has 23 heavy (non-hydrogen) atoms. The second-order valence-electron chi connectivity index (χ2n) is 5.85. The van der Waals surface area contributed by atoms with Crippen LogP contribution >= 0.6 is 11.6 Å². The molecule has 1 aromatic heterocycles. The summed E-state index contributed by atoms with van der Waals surface area (Å²) < 4.78 is 2.07. The second-order valence-corrected chi connectivity index (χ2v) is 6.29. The molecule has 1 N–H and O–H groups in total. The highest BCUT2D eigenvalue weighted by Crippen LogP contribution is 2.25. The van der Waals surface area contributed by atoms with Crippen LogP contribution in [0, 0.1) is 0 Å². The largest absolute Gasteiger partial charge is 0.312 e. The van der Waals surface area contributed by atoms with E-state index in [4.69, 9.17) is 16.7 Å². The zero-order chi connectivity index (χ0) is 15.6. The minimum absolute atomic E-state index is 0.741. The topological polar surface area (TPSA) is 29.9 Å². The van der Waals surface area contributed by atoms with Crippen LogP contribution < -0.4 is 5.32 Å². The zero-order valence-electron chi connectivity index (χ0n) is 12.8. The predicted molar refractivity (Wildman–Crippen MR) is 93.2 cm³/mol. The lowest BCUT2D eigenvalue weighted by molar-refractivity contribution is 0.622. The van der Waals surface area contributed by atoms with Crippen LogP contribution in [0.5, 0.6) is 0 Å². The number of aromatic nitrogens is 2. The van der Waals surface area contributed by atoms with Gasteiger partial charge in [-0.1, -0.05) is 48.0 Å². The molecule has 4 heteroatoms. The number of nitrogens with zero attached hydrogens (tertiary/aromatic N) is 2. The van der Waals surface area contributed by atoms with Crippen LogP contribution in [0.1, 0.15) is 22.5 Å². The van der Waals surface area contributed by atoms with E-state index in [1.165, 1.54) is 16.8 Å². The Bertz CT molecular complexity index is 824. The van der Waals surface area contributed by atoms with Crippen molar-refractivity contribution in [3.63, 3.8) is 0 Å². The Morgan fingerprint density at radius 1 is 1.09 bits per heavy atom. The summed E-state index contributed by atoms with van der Waals surface area (Å²) in [5.74, 6) is 0. The molecule has 0 saturated heterocycles. The molecule has 2 aromatic carbocycles. The highest BCUT2D eigenvalue weighted by molar-refractivity contribution is 6.30. The number of rotatable bonds is 3. The van der Waals surface area contributed by atoms with E-state index in [-0.39, 0.29) is 0 Å². The van der Waals surface area contributed by atoms with Gasteiger partial charge in [0.2, 0.25) is 0 Å². The molecule has 0 unspecified atom stereocenters. The molecule has 0 atom stereocenters. The number of benzene rings is 2. The zero-order valence-corrected chi connectivity index (χ0v) is 13.6. The van der Waals surface area contributed by atoms with Crippen LogP contribution in [0.15, 0.2) is 54.6 Å². The SMILES string of the molecule is Clc1cccc(-n2nc(Cc3ccccc3)c3c2CCNC3)c1. The van der Waals surface area contributed by atoms with Crippen molar-refractivity contribution in [3.8, 4) is 5.69 Å². The van der Waals surface area contributed by atoms with Gasteiger partial charge < -0.3 is 5.32 Å². The van der Waals surface area contributed by atoms with Crippen LogP contribution in [0.3, 0.4) is 0 Å². The predicted octanol–water partition coefficient (Wildman–Crippen LogP) is 3.76. The van der Waals surface area contributed by atoms with E-state index < -0.39 is 0 Å². The quantitative estimate of drug-likeness (QED) is 0.795. The first kappa shape index (κ1) is 14.5. The van der Waals surface area contributed by atoms with Crippen LogP contribution in [0.4, 0.5) is 0 Å². The van der Waals surface area contributed by atoms with Gasteiger partial charge in [0.1, 0.15) is 0 Å². The summed E-state index contributed by atoms with van der Waals surface area (Å²) in [5.41, 5.74) is 6.11. The number of hydrogen-bond donors (Lipinski definition) is 1. The highest BCUT2D eigenvalue weighted by atomic mass is 35.5. The first-order valence-corrected chi connectivity index (χ1v) is 8.29. The van der Waals surface area contributed by atoms with E-state index in [2.05, 4.69) is 40.3 Å². The Balaban J connectivity index is 1.78. The van der Waals surface area contributed by atoms with Crippen LogP contribution in [-0.2, 0) is 19.4 Å². The van der Waals surface area contributed by atoms with Crippen LogP contribution in [0.25, 0.3) is 5.69 Å². The maximum Gasteiger partial charge on any atom is 0.0720 e. The van der Waals surface area contributed by atoms with Crippen LogP contribution in [-0.4, -0.2) is 16.3 Å². The number of nitrogens with one attached hydrogen (secondary N) is 1. The third kappa shape index (κ3) is 2.90. The standard InChI is InChI=1S/C19H18ClN3/c20-15-7-4-8-16(12-15)23-19-9-10-21-13-17(19)18(22-23)11-14-5-2-1-3-6-14/h1-8,12,21H,9-11,13H2. The average Bonchev–Trinajstić information content (AvgIpc) is 2.95. The van der Waals surface area contributed by atoms with Gasteiger partial charge in [-0.05, 0) is 23.8 Å². The molecular weight excluding hydrogens is 306 g/mol. The Morgan fingerprint density at radius 3 is 2.78 bits per heavy atom. The maximum atomic E-state index is 6.16. The average molecular weight is 324 g/mol. The van der Waals surface area contributed by atoms with Gasteiger partial charge in [0, 0.05) is 36.5 Å². The van der Waals surface area contributed by atoms with Gasteiger partial charge in [0.25, 0.3) is 0 Å². The van der Waals surface area contributed by atoms with Gasteiger partial charge in [-0.25, -0.2) is 4.68 Å². The van der Waals surface area contributed by atoms with Gasteiger partial charge in [0.15, 0.2) is 0 Å². The fraction of sp³-hybridized carbons (Fsp3) is 0.211. The minimum atomic E-state index is 0.741. The second kappa shape index (κ2) is 6.19. The summed E-state index contributed by atoms with van der Waals surface area (Å²) in [5, 5.41) is 9.12. The van der Waals surface area contributed by atoms with E-state index in [0.717, 1.165) is 42.3 Å².